The van der Waals surface area contributed by atoms with Crippen molar-refractivity contribution >= 4 is 34.0 Å². The Labute approximate surface area is 166 Å². The van der Waals surface area contributed by atoms with E-state index in [9.17, 15) is 9.59 Å². The van der Waals surface area contributed by atoms with Gasteiger partial charge in [-0.2, -0.15) is 0 Å². The number of carbonyl (C=O) groups is 2. The van der Waals surface area contributed by atoms with Gasteiger partial charge >= 0.3 is 5.97 Å². The molecule has 0 radical (unpaired) electrons. The number of hydrogen-bond acceptors (Lipinski definition) is 7. The number of rotatable bonds is 5. The van der Waals surface area contributed by atoms with Crippen molar-refractivity contribution in [3.05, 3.63) is 51.9 Å². The summed E-state index contributed by atoms with van der Waals surface area (Å²) in [5, 5.41) is 14.3. The number of ether oxygens (including phenoxy) is 1. The van der Waals surface area contributed by atoms with Crippen molar-refractivity contribution < 1.29 is 19.5 Å². The van der Waals surface area contributed by atoms with E-state index in [2.05, 4.69) is 27.5 Å². The van der Waals surface area contributed by atoms with Gasteiger partial charge in [-0.25, -0.2) is 4.79 Å². The fraction of sp³-hybridized carbons (Fsp3) is 0.316. The average molecular weight is 402 g/mol. The maximum atomic E-state index is 12.5. The average Bonchev–Trinajstić information content (AvgIpc) is 3.05. The molecule has 0 spiro atoms. The van der Waals surface area contributed by atoms with Crippen LogP contribution in [-0.2, 0) is 29.0 Å². The van der Waals surface area contributed by atoms with Crippen molar-refractivity contribution in [2.24, 2.45) is 10.9 Å². The molecule has 0 fully saturated rings. The van der Waals surface area contributed by atoms with Crippen molar-refractivity contribution in [2.75, 3.05) is 18.5 Å². The van der Waals surface area contributed by atoms with Crippen LogP contribution >= 0.6 is 11.3 Å². The van der Waals surface area contributed by atoms with E-state index in [0.29, 0.717) is 23.5 Å². The van der Waals surface area contributed by atoms with Crippen molar-refractivity contribution in [1.29, 1.82) is 0 Å². The third-order valence-corrected chi connectivity index (χ3v) is 5.56. The summed E-state index contributed by atoms with van der Waals surface area (Å²) in [5.41, 5.74) is 7.82. The lowest BCUT2D eigenvalue weighted by Crippen LogP contribution is -2.31. The van der Waals surface area contributed by atoms with Crippen LogP contribution in [0.5, 0.6) is 0 Å². The van der Waals surface area contributed by atoms with E-state index in [-0.39, 0.29) is 6.61 Å². The first-order chi connectivity index (χ1) is 13.5. The molecule has 1 amide bonds. The lowest BCUT2D eigenvalue weighted by Gasteiger charge is -2.27. The zero-order valence-electron chi connectivity index (χ0n) is 15.5. The minimum Gasteiger partial charge on any atom is -0.462 e. The summed E-state index contributed by atoms with van der Waals surface area (Å²) in [4.78, 5) is 27.8. The molecule has 1 aromatic heterocycles. The Balaban J connectivity index is 1.86. The molecule has 9 heteroatoms. The molecule has 1 aliphatic heterocycles. The number of nitrogens with one attached hydrogen (secondary N) is 1. The molecule has 3 rings (SSSR count). The standard InChI is InChI=1S/C19H22N4O4S/c1-2-27-19(25)15-13-8-9-23(10-12-6-4-3-5-7-12)11-14(13)28-18(15)21-17(24)16(20)22-26/h3-7,26H,2,8-11H2,1H3,(H2,20,22)(H,21,24). The van der Waals surface area contributed by atoms with E-state index < -0.39 is 17.7 Å². The lowest BCUT2D eigenvalue weighted by atomic mass is 10.0. The minimum absolute atomic E-state index is 0.233. The summed E-state index contributed by atoms with van der Waals surface area (Å²) >= 11 is 1.32. The number of nitrogens with two attached hydrogens (primary N) is 1. The molecule has 2 aromatic rings. The van der Waals surface area contributed by atoms with Crippen molar-refractivity contribution in [1.82, 2.24) is 4.90 Å². The summed E-state index contributed by atoms with van der Waals surface area (Å²) in [6.07, 6.45) is 0.673. The number of benzene rings is 1. The van der Waals surface area contributed by atoms with Crippen LogP contribution in [0.1, 0.15) is 33.3 Å². The highest BCUT2D eigenvalue weighted by Gasteiger charge is 2.30. The van der Waals surface area contributed by atoms with Crippen LogP contribution in [0.4, 0.5) is 5.00 Å². The Morgan fingerprint density at radius 1 is 1.36 bits per heavy atom. The van der Waals surface area contributed by atoms with Gasteiger partial charge in [0.1, 0.15) is 5.00 Å². The molecule has 0 saturated heterocycles. The van der Waals surface area contributed by atoms with E-state index in [4.69, 9.17) is 15.7 Å². The monoisotopic (exact) mass is 402 g/mol. The molecule has 0 aliphatic carbocycles. The summed E-state index contributed by atoms with van der Waals surface area (Å²) in [6.45, 7) is 4.22. The second-order valence-electron chi connectivity index (χ2n) is 6.31. The van der Waals surface area contributed by atoms with E-state index in [1.54, 1.807) is 6.92 Å². The maximum absolute atomic E-state index is 12.5. The van der Waals surface area contributed by atoms with Crippen LogP contribution in [-0.4, -0.2) is 41.0 Å². The molecule has 0 atom stereocenters. The number of amidine groups is 1. The molecular weight excluding hydrogens is 380 g/mol. The molecule has 0 saturated carbocycles. The number of carbonyl (C=O) groups excluding carboxylic acids is 2. The van der Waals surface area contributed by atoms with Crippen molar-refractivity contribution in [2.45, 2.75) is 26.4 Å². The molecule has 2 heterocycles. The zero-order valence-corrected chi connectivity index (χ0v) is 16.3. The lowest BCUT2D eigenvalue weighted by molar-refractivity contribution is -0.110. The Bertz CT molecular complexity index is 895. The summed E-state index contributed by atoms with van der Waals surface area (Å²) in [5.74, 6) is -1.83. The number of thiophene rings is 1. The number of hydrogen-bond donors (Lipinski definition) is 3. The maximum Gasteiger partial charge on any atom is 0.341 e. The van der Waals surface area contributed by atoms with Gasteiger partial charge in [0.25, 0.3) is 5.91 Å². The van der Waals surface area contributed by atoms with Crippen LogP contribution in [0.2, 0.25) is 0 Å². The Kier molecular flexibility index (Phi) is 6.27. The second kappa shape index (κ2) is 8.85. The smallest absolute Gasteiger partial charge is 0.341 e. The van der Waals surface area contributed by atoms with Gasteiger partial charge in [0.15, 0.2) is 0 Å². The van der Waals surface area contributed by atoms with Crippen LogP contribution < -0.4 is 11.1 Å². The highest BCUT2D eigenvalue weighted by atomic mass is 32.1. The first kappa shape index (κ1) is 19.8. The van der Waals surface area contributed by atoms with Crippen LogP contribution in [0.25, 0.3) is 0 Å². The first-order valence-corrected chi connectivity index (χ1v) is 9.72. The van der Waals surface area contributed by atoms with Crippen LogP contribution in [0.15, 0.2) is 35.5 Å². The second-order valence-corrected chi connectivity index (χ2v) is 7.42. The molecule has 0 bridgehead atoms. The summed E-state index contributed by atoms with van der Waals surface area (Å²) in [6, 6.07) is 10.2. The Morgan fingerprint density at radius 2 is 2.11 bits per heavy atom. The van der Waals surface area contributed by atoms with Crippen LogP contribution in [0, 0.1) is 0 Å². The van der Waals surface area contributed by atoms with E-state index in [1.165, 1.54) is 16.9 Å². The molecule has 148 valence electrons. The summed E-state index contributed by atoms with van der Waals surface area (Å²) < 4.78 is 5.18. The van der Waals surface area contributed by atoms with Gasteiger partial charge < -0.3 is 21.0 Å². The van der Waals surface area contributed by atoms with Gasteiger partial charge in [0.2, 0.25) is 5.84 Å². The highest BCUT2D eigenvalue weighted by Crippen LogP contribution is 2.38. The van der Waals surface area contributed by atoms with Crippen molar-refractivity contribution in [3.8, 4) is 0 Å². The number of esters is 1. The molecule has 4 N–H and O–H groups in total. The fourth-order valence-electron chi connectivity index (χ4n) is 3.15. The predicted molar refractivity (Wildman–Crippen MR) is 107 cm³/mol. The summed E-state index contributed by atoms with van der Waals surface area (Å²) in [7, 11) is 0. The number of anilines is 1. The molecule has 0 unspecified atom stereocenters. The van der Waals surface area contributed by atoms with Crippen molar-refractivity contribution in [3.63, 3.8) is 0 Å². The van der Waals surface area contributed by atoms with E-state index in [1.807, 2.05) is 18.2 Å². The Hall–Kier alpha value is -2.91. The Morgan fingerprint density at radius 3 is 2.79 bits per heavy atom. The third kappa shape index (κ3) is 4.32. The fourth-order valence-corrected chi connectivity index (χ4v) is 4.43. The van der Waals surface area contributed by atoms with Gasteiger partial charge in [0.05, 0.1) is 12.2 Å². The minimum atomic E-state index is -0.771. The number of oxime groups is 1. The van der Waals surface area contributed by atoms with Gasteiger partial charge in [-0.15, -0.1) is 11.3 Å². The zero-order chi connectivity index (χ0) is 20.1. The first-order valence-electron chi connectivity index (χ1n) is 8.90. The quantitative estimate of drug-likeness (QED) is 0.232. The predicted octanol–water partition coefficient (Wildman–Crippen LogP) is 2.17. The molecular formula is C19H22N4O4S. The van der Waals surface area contributed by atoms with Crippen LogP contribution in [0.3, 0.4) is 0 Å². The normalized spacial score (nSPS) is 14.4. The largest absolute Gasteiger partial charge is 0.462 e. The van der Waals surface area contributed by atoms with Gasteiger partial charge in [-0.1, -0.05) is 35.5 Å². The number of amides is 1. The SMILES string of the molecule is CCOC(=O)c1c(NC(=O)/C(N)=N/O)sc2c1CCN(Cc1ccccc1)C2. The topological polar surface area (TPSA) is 117 Å². The number of fused-ring (bicyclic) bond motifs is 1. The molecule has 1 aliphatic rings. The highest BCUT2D eigenvalue weighted by molar-refractivity contribution is 7.17. The molecule has 1 aromatic carbocycles. The molecule has 8 nitrogen and oxygen atoms in total. The van der Waals surface area contributed by atoms with Gasteiger partial charge in [0, 0.05) is 24.5 Å². The number of nitrogens with zero attached hydrogens (tertiary/aromatic N) is 2. The third-order valence-electron chi connectivity index (χ3n) is 4.43. The van der Waals surface area contributed by atoms with Gasteiger partial charge in [-0.05, 0) is 24.5 Å². The van der Waals surface area contributed by atoms with E-state index in [0.717, 1.165) is 23.5 Å². The van der Waals surface area contributed by atoms with Gasteiger partial charge in [-0.3, -0.25) is 9.69 Å². The molecule has 28 heavy (non-hydrogen) atoms. The van der Waals surface area contributed by atoms with E-state index >= 15 is 0 Å².